The van der Waals surface area contributed by atoms with Crippen molar-refractivity contribution in [1.82, 2.24) is 14.9 Å². The summed E-state index contributed by atoms with van der Waals surface area (Å²) < 4.78 is 1.99. The smallest absolute Gasteiger partial charge is 0.246 e. The van der Waals surface area contributed by atoms with Gasteiger partial charge in [-0.15, -0.1) is 0 Å². The van der Waals surface area contributed by atoms with E-state index in [-0.39, 0.29) is 18.4 Å². The number of nitrogens with zero attached hydrogens (tertiary/aromatic N) is 3. The molecule has 0 radical (unpaired) electrons. The van der Waals surface area contributed by atoms with Gasteiger partial charge in [-0.1, -0.05) is 37.3 Å². The number of anilines is 1. The average molecular weight is 390 g/mol. The van der Waals surface area contributed by atoms with Crippen LogP contribution in [-0.2, 0) is 29.0 Å². The third-order valence-corrected chi connectivity index (χ3v) is 5.43. The Morgan fingerprint density at radius 2 is 1.90 bits per heavy atom. The second kappa shape index (κ2) is 8.47. The molecule has 2 heterocycles. The maximum Gasteiger partial charge on any atom is 0.246 e. The summed E-state index contributed by atoms with van der Waals surface area (Å²) in [7, 11) is 0. The van der Waals surface area contributed by atoms with Crippen LogP contribution in [0.3, 0.4) is 0 Å². The topological polar surface area (TPSA) is 67.2 Å². The van der Waals surface area contributed by atoms with Crippen LogP contribution in [0, 0.1) is 0 Å². The Morgan fingerprint density at radius 1 is 1.10 bits per heavy atom. The number of aryl methyl sites for hydroxylation is 1. The van der Waals surface area contributed by atoms with Gasteiger partial charge < -0.3 is 14.8 Å². The highest BCUT2D eigenvalue weighted by Crippen LogP contribution is 2.27. The molecule has 0 bridgehead atoms. The number of hydrogen-bond donors (Lipinski definition) is 1. The molecule has 0 atom stereocenters. The van der Waals surface area contributed by atoms with Crippen LogP contribution in [0.15, 0.2) is 48.5 Å². The molecule has 0 unspecified atom stereocenters. The number of hydrogen-bond acceptors (Lipinski definition) is 3. The van der Waals surface area contributed by atoms with Crippen LogP contribution in [0.2, 0.25) is 0 Å². The highest BCUT2D eigenvalue weighted by molar-refractivity contribution is 5.95. The summed E-state index contributed by atoms with van der Waals surface area (Å²) in [4.78, 5) is 31.4. The molecule has 1 aliphatic rings. The van der Waals surface area contributed by atoms with Crippen molar-refractivity contribution >= 4 is 28.5 Å². The van der Waals surface area contributed by atoms with Crippen LogP contribution in [-0.4, -0.2) is 34.5 Å². The molecule has 6 heteroatoms. The lowest BCUT2D eigenvalue weighted by Gasteiger charge is -2.29. The van der Waals surface area contributed by atoms with Crippen molar-refractivity contribution in [1.29, 1.82) is 0 Å². The lowest BCUT2D eigenvalue weighted by molar-refractivity contribution is -0.121. The van der Waals surface area contributed by atoms with Gasteiger partial charge in [-0.05, 0) is 36.6 Å². The van der Waals surface area contributed by atoms with Gasteiger partial charge in [0.05, 0.1) is 11.0 Å². The third kappa shape index (κ3) is 4.01. The van der Waals surface area contributed by atoms with Crippen molar-refractivity contribution in [3.8, 4) is 0 Å². The molecule has 150 valence electrons. The van der Waals surface area contributed by atoms with Crippen molar-refractivity contribution < 1.29 is 9.59 Å². The van der Waals surface area contributed by atoms with Gasteiger partial charge in [-0.25, -0.2) is 4.98 Å². The minimum atomic E-state index is 0.0219. The monoisotopic (exact) mass is 390 g/mol. The van der Waals surface area contributed by atoms with Crippen molar-refractivity contribution in [2.75, 3.05) is 18.0 Å². The molecule has 0 aliphatic carbocycles. The number of imidazole rings is 1. The summed E-state index contributed by atoms with van der Waals surface area (Å²) in [6, 6.07) is 16.0. The van der Waals surface area contributed by atoms with E-state index in [0.717, 1.165) is 41.9 Å². The SMILES string of the molecule is CCC(=O)NCCc1nc2ccccc2n1CC(=O)N1CCCc2ccccc21. The van der Waals surface area contributed by atoms with Gasteiger partial charge in [0.2, 0.25) is 11.8 Å². The second-order valence-electron chi connectivity index (χ2n) is 7.33. The van der Waals surface area contributed by atoms with Crippen LogP contribution in [0.4, 0.5) is 5.69 Å². The number of rotatable bonds is 6. The molecule has 29 heavy (non-hydrogen) atoms. The van der Waals surface area contributed by atoms with E-state index < -0.39 is 0 Å². The van der Waals surface area contributed by atoms with Crippen LogP contribution in [0.1, 0.15) is 31.2 Å². The first-order valence-corrected chi connectivity index (χ1v) is 10.3. The van der Waals surface area contributed by atoms with Crippen molar-refractivity contribution in [3.63, 3.8) is 0 Å². The molecular weight excluding hydrogens is 364 g/mol. The molecule has 1 aromatic heterocycles. The number of fused-ring (bicyclic) bond motifs is 2. The van der Waals surface area contributed by atoms with Gasteiger partial charge >= 0.3 is 0 Å². The van der Waals surface area contributed by atoms with Gasteiger partial charge in [0.15, 0.2) is 0 Å². The van der Waals surface area contributed by atoms with Gasteiger partial charge in [0, 0.05) is 31.6 Å². The zero-order valence-corrected chi connectivity index (χ0v) is 16.7. The summed E-state index contributed by atoms with van der Waals surface area (Å²) in [6.07, 6.45) is 3.03. The Hall–Kier alpha value is -3.15. The van der Waals surface area contributed by atoms with Crippen LogP contribution in [0.5, 0.6) is 0 Å². The van der Waals surface area contributed by atoms with E-state index in [1.807, 2.05) is 58.9 Å². The summed E-state index contributed by atoms with van der Waals surface area (Å²) in [6.45, 7) is 3.33. The largest absolute Gasteiger partial charge is 0.356 e. The molecule has 4 rings (SSSR count). The number of carbonyl (C=O) groups excluding carboxylic acids is 2. The standard InChI is InChI=1S/C23H26N4O2/c1-2-22(28)24-14-13-21-25-18-10-4-6-12-20(18)27(21)16-23(29)26-15-7-9-17-8-3-5-11-19(17)26/h3-6,8,10-12H,2,7,9,13-16H2,1H3,(H,24,28). The van der Waals surface area contributed by atoms with E-state index in [2.05, 4.69) is 11.4 Å². The normalized spacial score (nSPS) is 13.3. The van der Waals surface area contributed by atoms with E-state index >= 15 is 0 Å². The fourth-order valence-corrected chi connectivity index (χ4v) is 3.94. The van der Waals surface area contributed by atoms with Crippen LogP contribution < -0.4 is 10.2 Å². The second-order valence-corrected chi connectivity index (χ2v) is 7.33. The molecule has 1 aliphatic heterocycles. The van der Waals surface area contributed by atoms with Crippen molar-refractivity contribution in [2.45, 2.75) is 39.2 Å². The zero-order chi connectivity index (χ0) is 20.2. The minimum Gasteiger partial charge on any atom is -0.356 e. The first kappa shape index (κ1) is 19.2. The molecule has 2 aromatic carbocycles. The lowest BCUT2D eigenvalue weighted by atomic mass is 10.0. The highest BCUT2D eigenvalue weighted by Gasteiger charge is 2.23. The van der Waals surface area contributed by atoms with Gasteiger partial charge in [0.1, 0.15) is 12.4 Å². The Kier molecular flexibility index (Phi) is 5.60. The number of aromatic nitrogens is 2. The molecule has 0 saturated carbocycles. The molecule has 1 N–H and O–H groups in total. The van der Waals surface area contributed by atoms with Crippen molar-refractivity contribution in [2.24, 2.45) is 0 Å². The Bertz CT molecular complexity index is 1040. The first-order chi connectivity index (χ1) is 14.2. The fraction of sp³-hybridized carbons (Fsp3) is 0.348. The molecule has 0 spiro atoms. The van der Waals surface area contributed by atoms with Crippen LogP contribution in [0.25, 0.3) is 11.0 Å². The summed E-state index contributed by atoms with van der Waals surface area (Å²) in [5, 5.41) is 2.89. The predicted octanol–water partition coefficient (Wildman–Crippen LogP) is 3.08. The molecular formula is C23H26N4O2. The van der Waals surface area contributed by atoms with E-state index in [9.17, 15) is 9.59 Å². The molecule has 6 nitrogen and oxygen atoms in total. The maximum atomic E-state index is 13.3. The van der Waals surface area contributed by atoms with E-state index in [0.29, 0.717) is 19.4 Å². The number of amides is 2. The number of para-hydroxylation sites is 3. The first-order valence-electron chi connectivity index (χ1n) is 10.3. The maximum absolute atomic E-state index is 13.3. The van der Waals surface area contributed by atoms with E-state index in [1.165, 1.54) is 5.56 Å². The lowest BCUT2D eigenvalue weighted by Crippen LogP contribution is -2.38. The zero-order valence-electron chi connectivity index (χ0n) is 16.7. The Labute approximate surface area is 170 Å². The molecule has 3 aromatic rings. The van der Waals surface area contributed by atoms with Gasteiger partial charge in [-0.3, -0.25) is 9.59 Å². The summed E-state index contributed by atoms with van der Waals surface area (Å²) in [5.74, 6) is 0.911. The van der Waals surface area contributed by atoms with Gasteiger partial charge in [-0.2, -0.15) is 0 Å². The predicted molar refractivity (Wildman–Crippen MR) is 114 cm³/mol. The quantitative estimate of drug-likeness (QED) is 0.703. The average Bonchev–Trinajstić information content (AvgIpc) is 3.10. The van der Waals surface area contributed by atoms with E-state index in [1.54, 1.807) is 0 Å². The Morgan fingerprint density at radius 3 is 2.76 bits per heavy atom. The molecule has 2 amide bonds. The molecule has 0 saturated heterocycles. The fourth-order valence-electron chi connectivity index (χ4n) is 3.94. The summed E-state index contributed by atoms with van der Waals surface area (Å²) >= 11 is 0. The number of benzene rings is 2. The van der Waals surface area contributed by atoms with E-state index in [4.69, 9.17) is 4.98 Å². The number of carbonyl (C=O) groups is 2. The van der Waals surface area contributed by atoms with Crippen molar-refractivity contribution in [3.05, 3.63) is 59.9 Å². The third-order valence-electron chi connectivity index (χ3n) is 5.43. The van der Waals surface area contributed by atoms with Gasteiger partial charge in [0.25, 0.3) is 0 Å². The Balaban J connectivity index is 1.59. The minimum absolute atomic E-state index is 0.0219. The van der Waals surface area contributed by atoms with Crippen LogP contribution >= 0.6 is 0 Å². The summed E-state index contributed by atoms with van der Waals surface area (Å²) in [5.41, 5.74) is 4.06. The number of nitrogens with one attached hydrogen (secondary N) is 1. The molecule has 0 fully saturated rings. The highest BCUT2D eigenvalue weighted by atomic mass is 16.2.